The lowest BCUT2D eigenvalue weighted by molar-refractivity contribution is 0.347. The average Bonchev–Trinajstić information content (AvgIpc) is 3.13. The summed E-state index contributed by atoms with van der Waals surface area (Å²) in [6.07, 6.45) is 6.20. The zero-order valence-electron chi connectivity index (χ0n) is 18.5. The number of rotatable bonds is 3. The van der Waals surface area contributed by atoms with Crippen LogP contribution in [0.2, 0.25) is 0 Å². The number of piperidine rings is 1. The molecule has 32 heavy (non-hydrogen) atoms. The van der Waals surface area contributed by atoms with Gasteiger partial charge in [-0.1, -0.05) is 48.5 Å². The highest BCUT2D eigenvalue weighted by atomic mass is 16.1. The number of para-hydroxylation sites is 1. The Balaban J connectivity index is 1.24. The van der Waals surface area contributed by atoms with E-state index in [1.807, 2.05) is 0 Å². The molecule has 1 fully saturated rings. The topological polar surface area (TPSA) is 52.2 Å². The van der Waals surface area contributed by atoms with Crippen molar-refractivity contribution in [1.29, 1.82) is 0 Å². The Morgan fingerprint density at radius 3 is 2.53 bits per heavy atom. The highest BCUT2D eigenvalue weighted by Gasteiger charge is 2.44. The Morgan fingerprint density at radius 2 is 1.69 bits per heavy atom. The number of fused-ring (bicyclic) bond motifs is 3. The zero-order chi connectivity index (χ0) is 21.5. The van der Waals surface area contributed by atoms with E-state index in [1.54, 1.807) is 0 Å². The second-order valence-corrected chi connectivity index (χ2v) is 9.65. The van der Waals surface area contributed by atoms with E-state index in [9.17, 15) is 4.79 Å². The maximum Gasteiger partial charge on any atom is 0.255 e. The molecule has 6 rings (SSSR count). The smallest absolute Gasteiger partial charge is 0.255 e. The second-order valence-electron chi connectivity index (χ2n) is 9.65. The summed E-state index contributed by atoms with van der Waals surface area (Å²) in [5.74, 6) is 0.776. The first kappa shape index (κ1) is 19.6. The van der Waals surface area contributed by atoms with Crippen LogP contribution in [0, 0.1) is 0 Å². The Labute approximate surface area is 189 Å². The summed E-state index contributed by atoms with van der Waals surface area (Å²) in [6, 6.07) is 19.7. The van der Waals surface area contributed by atoms with Crippen molar-refractivity contribution in [3.8, 4) is 0 Å². The van der Waals surface area contributed by atoms with Crippen molar-refractivity contribution in [2.75, 3.05) is 29.4 Å². The third-order valence-electron chi connectivity index (χ3n) is 7.72. The molecule has 1 N–H and O–H groups in total. The van der Waals surface area contributed by atoms with Crippen molar-refractivity contribution >= 4 is 11.6 Å². The summed E-state index contributed by atoms with van der Waals surface area (Å²) in [7, 11) is 0. The lowest BCUT2D eigenvalue weighted by atomic mass is 9.74. The van der Waals surface area contributed by atoms with Crippen molar-refractivity contribution in [2.24, 2.45) is 0 Å². The van der Waals surface area contributed by atoms with Gasteiger partial charge in [-0.15, -0.1) is 0 Å². The standard InChI is InChI=1S/C27H30N4O/c32-25-21-10-4-6-12-23(21)28-26(29-25)30-16-14-27(15-17-30)19-31(18-20-8-2-1-3-9-20)24-13-7-5-11-22(24)27/h1-3,5,7-9,11,13H,4,6,10,12,14-19H2,(H,28,29,32). The SMILES string of the molecule is O=c1[nH]c(N2CCC3(CC2)CN(Cc2ccccc2)c2ccccc23)nc2c1CCCC2. The Morgan fingerprint density at radius 1 is 0.938 bits per heavy atom. The lowest BCUT2D eigenvalue weighted by Gasteiger charge is -2.40. The molecule has 1 aromatic heterocycles. The minimum Gasteiger partial charge on any atom is -0.366 e. The number of aromatic nitrogens is 2. The summed E-state index contributed by atoms with van der Waals surface area (Å²) in [5, 5.41) is 0. The Bertz CT molecular complexity index is 1180. The predicted molar refractivity (Wildman–Crippen MR) is 129 cm³/mol. The third kappa shape index (κ3) is 3.31. The van der Waals surface area contributed by atoms with Crippen LogP contribution in [0.25, 0.3) is 0 Å². The van der Waals surface area contributed by atoms with Gasteiger partial charge in [0.1, 0.15) is 0 Å². The molecule has 0 atom stereocenters. The molecular formula is C27H30N4O. The van der Waals surface area contributed by atoms with Gasteiger partial charge in [-0.05, 0) is 55.7 Å². The monoisotopic (exact) mass is 426 g/mol. The van der Waals surface area contributed by atoms with Crippen molar-refractivity contribution in [2.45, 2.75) is 50.5 Å². The Hall–Kier alpha value is -3.08. The predicted octanol–water partition coefficient (Wildman–Crippen LogP) is 4.21. The van der Waals surface area contributed by atoms with E-state index >= 15 is 0 Å². The van der Waals surface area contributed by atoms with Crippen LogP contribution >= 0.6 is 0 Å². The molecule has 3 aromatic rings. The molecule has 3 aliphatic rings. The molecule has 0 bridgehead atoms. The van der Waals surface area contributed by atoms with E-state index < -0.39 is 0 Å². The van der Waals surface area contributed by atoms with Crippen LogP contribution in [-0.4, -0.2) is 29.6 Å². The molecule has 164 valence electrons. The minimum atomic E-state index is 0.0743. The maximum absolute atomic E-state index is 12.6. The summed E-state index contributed by atoms with van der Waals surface area (Å²) < 4.78 is 0. The molecule has 5 heteroatoms. The number of nitrogens with one attached hydrogen (secondary N) is 1. The minimum absolute atomic E-state index is 0.0743. The summed E-state index contributed by atoms with van der Waals surface area (Å²) in [6.45, 7) is 3.86. The van der Waals surface area contributed by atoms with Gasteiger partial charge in [-0.2, -0.15) is 0 Å². The van der Waals surface area contributed by atoms with E-state index in [0.29, 0.717) is 0 Å². The first-order chi connectivity index (χ1) is 15.7. The quantitative estimate of drug-likeness (QED) is 0.682. The molecule has 0 amide bonds. The molecule has 3 heterocycles. The normalized spacial score (nSPS) is 19.1. The molecule has 2 aromatic carbocycles. The number of aromatic amines is 1. The van der Waals surface area contributed by atoms with Gasteiger partial charge < -0.3 is 9.80 Å². The summed E-state index contributed by atoms with van der Waals surface area (Å²) in [5.41, 5.74) is 6.41. The lowest BCUT2D eigenvalue weighted by Crippen LogP contribution is -2.46. The van der Waals surface area contributed by atoms with Gasteiger partial charge >= 0.3 is 0 Å². The van der Waals surface area contributed by atoms with Crippen LogP contribution in [0.4, 0.5) is 11.6 Å². The summed E-state index contributed by atoms with van der Waals surface area (Å²) >= 11 is 0. The van der Waals surface area contributed by atoms with Crippen LogP contribution in [0.3, 0.4) is 0 Å². The van der Waals surface area contributed by atoms with Gasteiger partial charge in [0.15, 0.2) is 0 Å². The molecule has 1 aliphatic carbocycles. The van der Waals surface area contributed by atoms with Crippen molar-refractivity contribution in [1.82, 2.24) is 9.97 Å². The zero-order valence-corrected chi connectivity index (χ0v) is 18.5. The van der Waals surface area contributed by atoms with Crippen LogP contribution in [-0.2, 0) is 24.8 Å². The first-order valence-electron chi connectivity index (χ1n) is 12.0. The third-order valence-corrected chi connectivity index (χ3v) is 7.72. The number of aryl methyl sites for hydroxylation is 1. The van der Waals surface area contributed by atoms with Gasteiger partial charge in [0.2, 0.25) is 5.95 Å². The largest absolute Gasteiger partial charge is 0.366 e. The number of hydrogen-bond acceptors (Lipinski definition) is 4. The molecule has 2 aliphatic heterocycles. The highest BCUT2D eigenvalue weighted by Crippen LogP contribution is 2.47. The molecule has 0 radical (unpaired) electrons. The van der Waals surface area contributed by atoms with E-state index in [2.05, 4.69) is 69.4 Å². The van der Waals surface area contributed by atoms with Gasteiger partial charge in [0, 0.05) is 42.8 Å². The Kier molecular flexibility index (Phi) is 4.78. The van der Waals surface area contributed by atoms with E-state index in [4.69, 9.17) is 4.98 Å². The average molecular weight is 427 g/mol. The van der Waals surface area contributed by atoms with Crippen molar-refractivity contribution < 1.29 is 0 Å². The highest BCUT2D eigenvalue weighted by molar-refractivity contribution is 5.63. The second kappa shape index (κ2) is 7.80. The van der Waals surface area contributed by atoms with Gasteiger partial charge in [0.25, 0.3) is 5.56 Å². The van der Waals surface area contributed by atoms with Gasteiger partial charge in [0.05, 0.1) is 5.69 Å². The number of H-pyrrole nitrogens is 1. The molecule has 1 saturated heterocycles. The molecule has 0 saturated carbocycles. The molecule has 0 unspecified atom stereocenters. The fraction of sp³-hybridized carbons (Fsp3) is 0.407. The van der Waals surface area contributed by atoms with E-state index in [0.717, 1.165) is 81.9 Å². The molecular weight excluding hydrogens is 396 g/mol. The molecule has 5 nitrogen and oxygen atoms in total. The van der Waals surface area contributed by atoms with Crippen LogP contribution < -0.4 is 15.4 Å². The summed E-state index contributed by atoms with van der Waals surface area (Å²) in [4.78, 5) is 25.5. The van der Waals surface area contributed by atoms with Gasteiger partial charge in [-0.3, -0.25) is 9.78 Å². The van der Waals surface area contributed by atoms with Gasteiger partial charge in [-0.25, -0.2) is 4.98 Å². The number of hydrogen-bond donors (Lipinski definition) is 1. The van der Waals surface area contributed by atoms with Crippen LogP contribution in [0.1, 0.15) is 48.1 Å². The maximum atomic E-state index is 12.6. The van der Waals surface area contributed by atoms with E-state index in [-0.39, 0.29) is 11.0 Å². The fourth-order valence-electron chi connectivity index (χ4n) is 5.99. The van der Waals surface area contributed by atoms with Crippen molar-refractivity contribution in [3.05, 3.63) is 87.3 Å². The number of benzene rings is 2. The van der Waals surface area contributed by atoms with Crippen LogP contribution in [0.5, 0.6) is 0 Å². The first-order valence-corrected chi connectivity index (χ1v) is 12.0. The van der Waals surface area contributed by atoms with Crippen LogP contribution in [0.15, 0.2) is 59.4 Å². The van der Waals surface area contributed by atoms with E-state index in [1.165, 1.54) is 16.8 Å². The number of anilines is 2. The number of nitrogens with zero attached hydrogens (tertiary/aromatic N) is 3. The molecule has 1 spiro atoms. The van der Waals surface area contributed by atoms with Crippen molar-refractivity contribution in [3.63, 3.8) is 0 Å². The fourth-order valence-corrected chi connectivity index (χ4v) is 5.99.